The topological polar surface area (TPSA) is 38.7 Å². The lowest BCUT2D eigenvalue weighted by molar-refractivity contribution is 0.127. The average molecular weight is 213 g/mol. The van der Waals surface area contributed by atoms with Gasteiger partial charge < -0.3 is 4.74 Å². The quantitative estimate of drug-likeness (QED) is 0.300. The summed E-state index contributed by atoms with van der Waals surface area (Å²) in [6.07, 6.45) is 9.67. The van der Waals surface area contributed by atoms with Crippen LogP contribution in [0.25, 0.3) is 0 Å². The smallest absolute Gasteiger partial charge is 0.234 e. The van der Waals surface area contributed by atoms with E-state index in [-0.39, 0.29) is 0 Å². The molecule has 88 valence electrons. The van der Waals surface area contributed by atoms with Crippen molar-refractivity contribution < 1.29 is 9.53 Å². The number of carbonyl (C=O) groups excluding carboxylic acids is 1. The Morgan fingerprint density at radius 2 is 1.67 bits per heavy atom. The third kappa shape index (κ3) is 13.3. The van der Waals surface area contributed by atoms with E-state index in [1.54, 1.807) is 6.08 Å². The summed E-state index contributed by atoms with van der Waals surface area (Å²) in [5.74, 6) is 0. The minimum absolute atomic E-state index is 0.635. The number of hydrogen-bond donors (Lipinski definition) is 0. The molecule has 0 aliphatic rings. The van der Waals surface area contributed by atoms with Gasteiger partial charge in [-0.15, -0.1) is 0 Å². The van der Waals surface area contributed by atoms with Gasteiger partial charge in [0.15, 0.2) is 0 Å². The molecule has 3 heteroatoms. The second-order valence-electron chi connectivity index (χ2n) is 3.71. The van der Waals surface area contributed by atoms with Crippen LogP contribution in [0.5, 0.6) is 0 Å². The fourth-order valence-electron chi connectivity index (χ4n) is 1.32. The molecule has 0 aliphatic heterocycles. The van der Waals surface area contributed by atoms with Gasteiger partial charge in [0.05, 0.1) is 6.54 Å². The SMILES string of the molecule is CCCCOCCCCCCCN=C=O. The molecule has 0 aromatic carbocycles. The first-order valence-corrected chi connectivity index (χ1v) is 6.03. The molecule has 15 heavy (non-hydrogen) atoms. The van der Waals surface area contributed by atoms with E-state index in [1.807, 2.05) is 0 Å². The fraction of sp³-hybridized carbons (Fsp3) is 0.917. The second kappa shape index (κ2) is 13.3. The molecule has 0 heterocycles. The lowest BCUT2D eigenvalue weighted by atomic mass is 10.1. The largest absolute Gasteiger partial charge is 0.381 e. The van der Waals surface area contributed by atoms with Crippen LogP contribution < -0.4 is 0 Å². The lowest BCUT2D eigenvalue weighted by Crippen LogP contribution is -1.96. The van der Waals surface area contributed by atoms with E-state index in [0.29, 0.717) is 6.54 Å². The van der Waals surface area contributed by atoms with E-state index in [9.17, 15) is 4.79 Å². The summed E-state index contributed by atoms with van der Waals surface area (Å²) in [6, 6.07) is 0. The lowest BCUT2D eigenvalue weighted by Gasteiger charge is -2.02. The standard InChI is InChI=1S/C12H23NO2/c1-2-3-10-15-11-8-6-4-5-7-9-13-12-14/h2-11H2,1H3. The van der Waals surface area contributed by atoms with E-state index in [4.69, 9.17) is 4.74 Å². The summed E-state index contributed by atoms with van der Waals surface area (Å²) in [4.78, 5) is 13.3. The predicted molar refractivity (Wildman–Crippen MR) is 61.8 cm³/mol. The normalized spacial score (nSPS) is 9.93. The molecule has 0 amide bonds. The van der Waals surface area contributed by atoms with Crippen LogP contribution >= 0.6 is 0 Å². The maximum absolute atomic E-state index is 9.76. The molecule has 0 saturated heterocycles. The summed E-state index contributed by atoms with van der Waals surface area (Å²) in [7, 11) is 0. The Hall–Kier alpha value is -0.660. The van der Waals surface area contributed by atoms with Crippen molar-refractivity contribution in [3.63, 3.8) is 0 Å². The first-order valence-electron chi connectivity index (χ1n) is 6.03. The second-order valence-corrected chi connectivity index (χ2v) is 3.71. The van der Waals surface area contributed by atoms with Crippen LogP contribution in [0.2, 0.25) is 0 Å². The Morgan fingerprint density at radius 1 is 1.00 bits per heavy atom. The number of hydrogen-bond acceptors (Lipinski definition) is 3. The first-order chi connectivity index (χ1) is 7.41. The molecular formula is C12H23NO2. The van der Waals surface area contributed by atoms with Crippen LogP contribution in [0.1, 0.15) is 51.9 Å². The van der Waals surface area contributed by atoms with Gasteiger partial charge in [0.2, 0.25) is 6.08 Å². The van der Waals surface area contributed by atoms with E-state index in [0.717, 1.165) is 32.5 Å². The van der Waals surface area contributed by atoms with Gasteiger partial charge in [0.1, 0.15) is 0 Å². The summed E-state index contributed by atoms with van der Waals surface area (Å²) >= 11 is 0. The van der Waals surface area contributed by atoms with Crippen LogP contribution in [-0.2, 0) is 9.53 Å². The van der Waals surface area contributed by atoms with Crippen molar-refractivity contribution in [2.24, 2.45) is 4.99 Å². The van der Waals surface area contributed by atoms with Gasteiger partial charge in [-0.05, 0) is 19.3 Å². The van der Waals surface area contributed by atoms with Gasteiger partial charge in [-0.25, -0.2) is 9.79 Å². The minimum Gasteiger partial charge on any atom is -0.381 e. The molecule has 0 atom stereocenters. The van der Waals surface area contributed by atoms with Crippen LogP contribution in [0.4, 0.5) is 0 Å². The van der Waals surface area contributed by atoms with Crippen molar-refractivity contribution in [3.8, 4) is 0 Å². The van der Waals surface area contributed by atoms with E-state index in [2.05, 4.69) is 11.9 Å². The van der Waals surface area contributed by atoms with Crippen LogP contribution in [0, 0.1) is 0 Å². The highest BCUT2D eigenvalue weighted by Crippen LogP contribution is 2.03. The van der Waals surface area contributed by atoms with Crippen LogP contribution in [0.3, 0.4) is 0 Å². The van der Waals surface area contributed by atoms with Crippen molar-refractivity contribution in [1.82, 2.24) is 0 Å². The molecule has 0 rings (SSSR count). The monoisotopic (exact) mass is 213 g/mol. The minimum atomic E-state index is 0.635. The zero-order valence-corrected chi connectivity index (χ0v) is 9.83. The van der Waals surface area contributed by atoms with Crippen molar-refractivity contribution in [1.29, 1.82) is 0 Å². The number of unbranched alkanes of at least 4 members (excludes halogenated alkanes) is 5. The molecule has 0 aromatic heterocycles. The molecule has 0 fully saturated rings. The number of rotatable bonds is 11. The first kappa shape index (κ1) is 14.3. The van der Waals surface area contributed by atoms with Gasteiger partial charge in [0.25, 0.3) is 0 Å². The Balaban J connectivity index is 2.89. The molecule has 3 nitrogen and oxygen atoms in total. The molecule has 0 aliphatic carbocycles. The molecule has 0 saturated carbocycles. The van der Waals surface area contributed by atoms with Crippen LogP contribution in [-0.4, -0.2) is 25.8 Å². The van der Waals surface area contributed by atoms with E-state index < -0.39 is 0 Å². The summed E-state index contributed by atoms with van der Waals surface area (Å²) in [5.41, 5.74) is 0. The highest BCUT2D eigenvalue weighted by molar-refractivity contribution is 5.32. The predicted octanol–water partition coefficient (Wildman–Crippen LogP) is 3.09. The summed E-state index contributed by atoms with van der Waals surface area (Å²) in [6.45, 7) is 4.61. The third-order valence-corrected chi connectivity index (χ3v) is 2.27. The van der Waals surface area contributed by atoms with Gasteiger partial charge >= 0.3 is 0 Å². The average Bonchev–Trinajstić information content (AvgIpc) is 2.26. The maximum atomic E-state index is 9.76. The fourth-order valence-corrected chi connectivity index (χ4v) is 1.32. The van der Waals surface area contributed by atoms with Crippen molar-refractivity contribution >= 4 is 6.08 Å². The van der Waals surface area contributed by atoms with E-state index in [1.165, 1.54) is 25.7 Å². The van der Waals surface area contributed by atoms with E-state index >= 15 is 0 Å². The van der Waals surface area contributed by atoms with Gasteiger partial charge in [-0.3, -0.25) is 0 Å². The highest BCUT2D eigenvalue weighted by atomic mass is 16.5. The molecule has 0 bridgehead atoms. The van der Waals surface area contributed by atoms with Gasteiger partial charge in [-0.2, -0.15) is 0 Å². The van der Waals surface area contributed by atoms with Crippen LogP contribution in [0.15, 0.2) is 4.99 Å². The summed E-state index contributed by atoms with van der Waals surface area (Å²) < 4.78 is 5.45. The molecule has 0 N–H and O–H groups in total. The van der Waals surface area contributed by atoms with Gasteiger partial charge in [-0.1, -0.05) is 32.6 Å². The molecule has 0 unspecified atom stereocenters. The molecular weight excluding hydrogens is 190 g/mol. The molecule has 0 radical (unpaired) electrons. The maximum Gasteiger partial charge on any atom is 0.234 e. The Bertz CT molecular complexity index is 165. The third-order valence-electron chi connectivity index (χ3n) is 2.27. The number of nitrogens with zero attached hydrogens (tertiary/aromatic N) is 1. The highest BCUT2D eigenvalue weighted by Gasteiger charge is 1.91. The Labute approximate surface area is 92.9 Å². The zero-order valence-electron chi connectivity index (χ0n) is 9.83. The Morgan fingerprint density at radius 3 is 2.40 bits per heavy atom. The zero-order chi connectivity index (χ0) is 11.2. The molecule has 0 aromatic rings. The van der Waals surface area contributed by atoms with Crippen molar-refractivity contribution in [2.45, 2.75) is 51.9 Å². The van der Waals surface area contributed by atoms with Crippen molar-refractivity contribution in [3.05, 3.63) is 0 Å². The number of isocyanates is 1. The number of ether oxygens (including phenoxy) is 1. The van der Waals surface area contributed by atoms with Gasteiger partial charge in [0, 0.05) is 13.2 Å². The Kier molecular flexibility index (Phi) is 12.8. The van der Waals surface area contributed by atoms with Crippen molar-refractivity contribution in [2.75, 3.05) is 19.8 Å². The summed E-state index contributed by atoms with van der Waals surface area (Å²) in [5, 5.41) is 0. The molecule has 0 spiro atoms. The number of aliphatic imine (C=N–C) groups is 1.